The van der Waals surface area contributed by atoms with E-state index in [1.807, 2.05) is 48.2 Å². The van der Waals surface area contributed by atoms with E-state index < -0.39 is 0 Å². The zero-order valence-electron chi connectivity index (χ0n) is 13.4. The SMILES string of the molecule is O=C(CC1CSCCN1)NC(c1ccccc1)c1cccc(F)c1. The summed E-state index contributed by atoms with van der Waals surface area (Å²) < 4.78 is 13.6. The number of carbonyl (C=O) groups is 1. The molecule has 1 heterocycles. The van der Waals surface area contributed by atoms with Crippen molar-refractivity contribution < 1.29 is 9.18 Å². The Bertz CT molecular complexity index is 674. The standard InChI is InChI=1S/C19H21FN2OS/c20-16-8-4-7-15(11-16)19(14-5-2-1-3-6-14)22-18(23)12-17-13-24-10-9-21-17/h1-8,11,17,19,21H,9-10,12-13H2,(H,22,23). The van der Waals surface area contributed by atoms with Crippen LogP contribution in [0.5, 0.6) is 0 Å². The van der Waals surface area contributed by atoms with E-state index >= 15 is 0 Å². The van der Waals surface area contributed by atoms with Crippen LogP contribution in [0.25, 0.3) is 0 Å². The summed E-state index contributed by atoms with van der Waals surface area (Å²) in [5.74, 6) is 1.72. The fourth-order valence-electron chi connectivity index (χ4n) is 2.89. The van der Waals surface area contributed by atoms with Gasteiger partial charge in [0.05, 0.1) is 6.04 Å². The fourth-order valence-corrected chi connectivity index (χ4v) is 3.83. The van der Waals surface area contributed by atoms with Crippen molar-refractivity contribution >= 4 is 17.7 Å². The van der Waals surface area contributed by atoms with Crippen molar-refractivity contribution in [1.82, 2.24) is 10.6 Å². The highest BCUT2D eigenvalue weighted by atomic mass is 32.2. The number of nitrogens with one attached hydrogen (secondary N) is 2. The number of carbonyl (C=O) groups excluding carboxylic acids is 1. The lowest BCUT2D eigenvalue weighted by atomic mass is 9.98. The smallest absolute Gasteiger partial charge is 0.222 e. The van der Waals surface area contributed by atoms with Crippen molar-refractivity contribution in [2.24, 2.45) is 0 Å². The van der Waals surface area contributed by atoms with Gasteiger partial charge in [-0.15, -0.1) is 0 Å². The lowest BCUT2D eigenvalue weighted by molar-refractivity contribution is -0.122. The van der Waals surface area contributed by atoms with Crippen molar-refractivity contribution in [3.63, 3.8) is 0 Å². The first-order valence-electron chi connectivity index (χ1n) is 8.13. The summed E-state index contributed by atoms with van der Waals surface area (Å²) in [5.41, 5.74) is 1.70. The molecule has 5 heteroatoms. The van der Waals surface area contributed by atoms with Crippen LogP contribution in [0.3, 0.4) is 0 Å². The summed E-state index contributed by atoms with van der Waals surface area (Å²) >= 11 is 1.87. The van der Waals surface area contributed by atoms with Crippen molar-refractivity contribution in [2.45, 2.75) is 18.5 Å². The predicted molar refractivity (Wildman–Crippen MR) is 96.6 cm³/mol. The van der Waals surface area contributed by atoms with Crippen LogP contribution in [-0.4, -0.2) is 30.0 Å². The molecule has 3 rings (SSSR count). The molecule has 126 valence electrons. The number of rotatable bonds is 5. The van der Waals surface area contributed by atoms with Gasteiger partial charge < -0.3 is 10.6 Å². The summed E-state index contributed by atoms with van der Waals surface area (Å²) in [7, 11) is 0. The van der Waals surface area contributed by atoms with Crippen LogP contribution in [0.4, 0.5) is 4.39 Å². The molecule has 2 N–H and O–H groups in total. The van der Waals surface area contributed by atoms with Gasteiger partial charge in [0.15, 0.2) is 0 Å². The first-order valence-corrected chi connectivity index (χ1v) is 9.29. The van der Waals surface area contributed by atoms with Crippen LogP contribution in [0, 0.1) is 5.82 Å². The minimum atomic E-state index is -0.342. The van der Waals surface area contributed by atoms with Gasteiger partial charge in [0.25, 0.3) is 0 Å². The number of hydrogen-bond acceptors (Lipinski definition) is 3. The third-order valence-electron chi connectivity index (χ3n) is 4.05. The quantitative estimate of drug-likeness (QED) is 0.876. The number of hydrogen-bond donors (Lipinski definition) is 2. The number of halogens is 1. The molecule has 0 saturated carbocycles. The molecule has 24 heavy (non-hydrogen) atoms. The molecule has 2 unspecified atom stereocenters. The average Bonchev–Trinajstić information content (AvgIpc) is 2.61. The van der Waals surface area contributed by atoms with Gasteiger partial charge in [-0.1, -0.05) is 42.5 Å². The van der Waals surface area contributed by atoms with Gasteiger partial charge in [-0.2, -0.15) is 11.8 Å². The van der Waals surface area contributed by atoms with E-state index in [0.717, 1.165) is 29.2 Å². The molecule has 0 aromatic heterocycles. The molecule has 0 aliphatic carbocycles. The molecule has 0 radical (unpaired) electrons. The van der Waals surface area contributed by atoms with Crippen LogP contribution >= 0.6 is 11.8 Å². The molecule has 1 amide bonds. The van der Waals surface area contributed by atoms with Gasteiger partial charge in [0.2, 0.25) is 5.91 Å². The van der Waals surface area contributed by atoms with Gasteiger partial charge in [0, 0.05) is 30.5 Å². The minimum Gasteiger partial charge on any atom is -0.345 e. The van der Waals surface area contributed by atoms with Crippen LogP contribution < -0.4 is 10.6 Å². The maximum absolute atomic E-state index is 13.6. The Morgan fingerprint density at radius 1 is 1.21 bits per heavy atom. The Balaban J connectivity index is 1.76. The van der Waals surface area contributed by atoms with E-state index in [4.69, 9.17) is 0 Å². The molecule has 2 aromatic rings. The number of thioether (sulfide) groups is 1. The Hall–Kier alpha value is -1.85. The summed E-state index contributed by atoms with van der Waals surface area (Å²) in [6, 6.07) is 15.9. The zero-order valence-corrected chi connectivity index (χ0v) is 14.2. The van der Waals surface area contributed by atoms with E-state index in [1.54, 1.807) is 6.07 Å². The van der Waals surface area contributed by atoms with Crippen LogP contribution in [0.1, 0.15) is 23.6 Å². The second-order valence-corrected chi connectivity index (χ2v) is 7.05. The van der Waals surface area contributed by atoms with E-state index in [9.17, 15) is 9.18 Å². The number of benzene rings is 2. The van der Waals surface area contributed by atoms with Crippen molar-refractivity contribution in [3.05, 3.63) is 71.5 Å². The Morgan fingerprint density at radius 2 is 2.00 bits per heavy atom. The molecular weight excluding hydrogens is 323 g/mol. The predicted octanol–water partition coefficient (Wildman–Crippen LogP) is 3.13. The summed E-state index contributed by atoms with van der Waals surface area (Å²) in [4.78, 5) is 12.5. The van der Waals surface area contributed by atoms with Crippen molar-refractivity contribution in [2.75, 3.05) is 18.1 Å². The lowest BCUT2D eigenvalue weighted by Gasteiger charge is -2.25. The molecular formula is C19H21FN2OS. The molecule has 0 bridgehead atoms. The molecule has 1 aliphatic rings. The summed E-state index contributed by atoms with van der Waals surface area (Å²) in [6.45, 7) is 0.939. The van der Waals surface area contributed by atoms with E-state index in [0.29, 0.717) is 6.42 Å². The largest absolute Gasteiger partial charge is 0.345 e. The van der Waals surface area contributed by atoms with Gasteiger partial charge in [-0.25, -0.2) is 4.39 Å². The molecule has 0 spiro atoms. The van der Waals surface area contributed by atoms with E-state index in [1.165, 1.54) is 12.1 Å². The molecule has 1 fully saturated rings. The molecule has 2 aromatic carbocycles. The highest BCUT2D eigenvalue weighted by Crippen LogP contribution is 2.23. The van der Waals surface area contributed by atoms with Crippen molar-refractivity contribution in [1.29, 1.82) is 0 Å². The molecule has 2 atom stereocenters. The summed E-state index contributed by atoms with van der Waals surface area (Å²) in [6.07, 6.45) is 0.436. The van der Waals surface area contributed by atoms with E-state index in [2.05, 4.69) is 10.6 Å². The first kappa shape index (κ1) is 17.0. The van der Waals surface area contributed by atoms with Gasteiger partial charge in [-0.3, -0.25) is 4.79 Å². The Morgan fingerprint density at radius 3 is 2.71 bits per heavy atom. The first-order chi connectivity index (χ1) is 11.7. The van der Waals surface area contributed by atoms with Crippen molar-refractivity contribution in [3.8, 4) is 0 Å². The fraction of sp³-hybridized carbons (Fsp3) is 0.316. The third-order valence-corrected chi connectivity index (χ3v) is 5.18. The van der Waals surface area contributed by atoms with Gasteiger partial charge in [0.1, 0.15) is 5.82 Å². The number of amides is 1. The Labute approximate surface area is 146 Å². The molecule has 1 aliphatic heterocycles. The monoisotopic (exact) mass is 344 g/mol. The highest BCUT2D eigenvalue weighted by molar-refractivity contribution is 7.99. The van der Waals surface area contributed by atoms with Gasteiger partial charge >= 0.3 is 0 Å². The second kappa shape index (κ2) is 8.31. The topological polar surface area (TPSA) is 41.1 Å². The van der Waals surface area contributed by atoms with Crippen LogP contribution in [-0.2, 0) is 4.79 Å². The third kappa shape index (κ3) is 4.58. The van der Waals surface area contributed by atoms with Gasteiger partial charge in [-0.05, 0) is 23.3 Å². The maximum atomic E-state index is 13.6. The summed E-state index contributed by atoms with van der Waals surface area (Å²) in [5, 5.41) is 6.44. The normalized spacial score (nSPS) is 18.8. The zero-order chi connectivity index (χ0) is 16.8. The van der Waals surface area contributed by atoms with Crippen LogP contribution in [0.2, 0.25) is 0 Å². The maximum Gasteiger partial charge on any atom is 0.222 e. The van der Waals surface area contributed by atoms with Crippen LogP contribution in [0.15, 0.2) is 54.6 Å². The van der Waals surface area contributed by atoms with E-state index in [-0.39, 0.29) is 23.8 Å². The highest BCUT2D eigenvalue weighted by Gasteiger charge is 2.21. The lowest BCUT2D eigenvalue weighted by Crippen LogP contribution is -2.42. The molecule has 1 saturated heterocycles. The molecule has 3 nitrogen and oxygen atoms in total. The second-order valence-electron chi connectivity index (χ2n) is 5.90. The average molecular weight is 344 g/mol. The minimum absolute atomic E-state index is 0.0203. The Kier molecular flexibility index (Phi) is 5.88.